The molecule has 1 spiro atoms. The number of fused-ring (bicyclic) bond motifs is 2. The van der Waals surface area contributed by atoms with E-state index in [1.54, 1.807) is 17.9 Å². The van der Waals surface area contributed by atoms with Crippen LogP contribution in [0.1, 0.15) is 40.5 Å². The van der Waals surface area contributed by atoms with Crippen molar-refractivity contribution < 1.29 is 29.0 Å². The molecule has 0 saturated carbocycles. The molecule has 208 valence electrons. The van der Waals surface area contributed by atoms with E-state index in [-0.39, 0.29) is 37.5 Å². The number of benzene rings is 2. The Morgan fingerprint density at radius 1 is 1.23 bits per heavy atom. The minimum Gasteiger partial charge on any atom is -0.466 e. The van der Waals surface area contributed by atoms with Gasteiger partial charge in [-0.05, 0) is 55.5 Å². The third-order valence-corrected chi connectivity index (χ3v) is 8.93. The van der Waals surface area contributed by atoms with E-state index < -0.39 is 41.1 Å². The predicted octanol–water partition coefficient (Wildman–Crippen LogP) is 3.70. The summed E-state index contributed by atoms with van der Waals surface area (Å²) in [5.41, 5.74) is -1.42. The number of esters is 1. The first-order valence-electron chi connectivity index (χ1n) is 13.8. The molecule has 2 amide bonds. The van der Waals surface area contributed by atoms with E-state index in [0.717, 1.165) is 10.8 Å². The quantitative estimate of drug-likeness (QED) is 0.389. The molecule has 3 fully saturated rings. The fraction of sp³-hybridized carbons (Fsp3) is 0.516. The van der Waals surface area contributed by atoms with E-state index in [1.807, 2.05) is 63.2 Å². The summed E-state index contributed by atoms with van der Waals surface area (Å²) in [5, 5.41) is 12.5. The van der Waals surface area contributed by atoms with Gasteiger partial charge < -0.3 is 24.4 Å². The zero-order chi connectivity index (χ0) is 28.1. The lowest BCUT2D eigenvalue weighted by molar-refractivity contribution is -0.160. The number of rotatable bonds is 9. The van der Waals surface area contributed by atoms with Gasteiger partial charge in [0.05, 0.1) is 30.8 Å². The lowest BCUT2D eigenvalue weighted by Crippen LogP contribution is -2.60. The number of likely N-dealkylation sites (tertiary alicyclic amines) is 1. The van der Waals surface area contributed by atoms with Crippen LogP contribution >= 0.6 is 0 Å². The van der Waals surface area contributed by atoms with Crippen molar-refractivity contribution in [1.82, 2.24) is 4.90 Å². The lowest BCUT2D eigenvalue weighted by atomic mass is 9.66. The summed E-state index contributed by atoms with van der Waals surface area (Å²) in [4.78, 5) is 45.4. The van der Waals surface area contributed by atoms with Crippen LogP contribution in [0.15, 0.2) is 55.1 Å². The maximum atomic E-state index is 14.7. The van der Waals surface area contributed by atoms with Crippen LogP contribution < -0.4 is 4.90 Å². The lowest BCUT2D eigenvalue weighted by Gasteiger charge is -2.40. The van der Waals surface area contributed by atoms with Gasteiger partial charge in [0, 0.05) is 12.2 Å². The van der Waals surface area contributed by atoms with Crippen molar-refractivity contribution in [2.75, 3.05) is 24.7 Å². The summed E-state index contributed by atoms with van der Waals surface area (Å²) in [6.07, 6.45) is 2.64. The highest BCUT2D eigenvalue weighted by molar-refractivity contribution is 6.05. The summed E-state index contributed by atoms with van der Waals surface area (Å²) in [6, 6.07) is 12.1. The van der Waals surface area contributed by atoms with E-state index >= 15 is 0 Å². The maximum Gasteiger partial charge on any atom is 0.312 e. The summed E-state index contributed by atoms with van der Waals surface area (Å²) in [6.45, 7) is 11.4. The molecule has 2 unspecified atom stereocenters. The fourth-order valence-electron chi connectivity index (χ4n) is 7.15. The molecule has 1 N–H and O–H groups in total. The first-order chi connectivity index (χ1) is 18.6. The van der Waals surface area contributed by atoms with Gasteiger partial charge in [0.25, 0.3) is 5.91 Å². The number of anilines is 1. The highest BCUT2D eigenvalue weighted by atomic mass is 16.6. The molecule has 6 atom stereocenters. The number of carbonyl (C=O) groups is 3. The van der Waals surface area contributed by atoms with E-state index in [2.05, 4.69) is 6.58 Å². The highest BCUT2D eigenvalue weighted by Crippen LogP contribution is 2.64. The minimum atomic E-state index is -1.20. The average molecular weight is 535 g/mol. The third-order valence-electron chi connectivity index (χ3n) is 8.93. The minimum absolute atomic E-state index is 0.133. The second-order valence-electron chi connectivity index (χ2n) is 11.5. The van der Waals surface area contributed by atoms with Gasteiger partial charge in [0.15, 0.2) is 0 Å². The van der Waals surface area contributed by atoms with Crippen molar-refractivity contribution in [2.45, 2.75) is 63.8 Å². The summed E-state index contributed by atoms with van der Waals surface area (Å²) >= 11 is 0. The molecule has 5 rings (SSSR count). The molecule has 3 aliphatic rings. The summed E-state index contributed by atoms with van der Waals surface area (Å²) in [5.74, 6) is -2.94. The largest absolute Gasteiger partial charge is 0.466 e. The molecule has 2 aromatic rings. The van der Waals surface area contributed by atoms with Crippen molar-refractivity contribution in [2.24, 2.45) is 17.8 Å². The van der Waals surface area contributed by atoms with Crippen molar-refractivity contribution in [3.8, 4) is 0 Å². The molecular formula is C31H38N2O6. The van der Waals surface area contributed by atoms with Gasteiger partial charge in [-0.3, -0.25) is 14.4 Å². The Morgan fingerprint density at radius 2 is 1.95 bits per heavy atom. The molecule has 0 aliphatic carbocycles. The van der Waals surface area contributed by atoms with Crippen LogP contribution in [-0.2, 0) is 23.9 Å². The predicted molar refractivity (Wildman–Crippen MR) is 148 cm³/mol. The molecule has 3 aliphatic heterocycles. The number of carbonyl (C=O) groups excluding carboxylic acids is 3. The van der Waals surface area contributed by atoms with E-state index in [9.17, 15) is 19.5 Å². The monoisotopic (exact) mass is 534 g/mol. The average Bonchev–Trinajstić information content (AvgIpc) is 3.48. The number of nitrogens with zero attached hydrogens (tertiary/aromatic N) is 2. The highest BCUT2D eigenvalue weighted by Gasteiger charge is 2.79. The molecule has 8 heteroatoms. The van der Waals surface area contributed by atoms with E-state index in [4.69, 9.17) is 9.47 Å². The zero-order valence-electron chi connectivity index (χ0n) is 23.1. The molecule has 3 heterocycles. The van der Waals surface area contributed by atoms with Crippen LogP contribution in [0.4, 0.5) is 5.69 Å². The Morgan fingerprint density at radius 3 is 2.59 bits per heavy atom. The number of amides is 2. The van der Waals surface area contributed by atoms with Crippen LogP contribution in [0.2, 0.25) is 0 Å². The molecule has 0 aromatic heterocycles. The molecule has 8 nitrogen and oxygen atoms in total. The molecule has 2 bridgehead atoms. The van der Waals surface area contributed by atoms with Gasteiger partial charge in [-0.2, -0.15) is 0 Å². The van der Waals surface area contributed by atoms with Crippen molar-refractivity contribution >= 4 is 34.2 Å². The van der Waals surface area contributed by atoms with Gasteiger partial charge in [0.1, 0.15) is 17.6 Å². The number of hydrogen-bond donors (Lipinski definition) is 1. The molecule has 2 aromatic carbocycles. The normalized spacial score (nSPS) is 30.1. The Bertz CT molecular complexity index is 1310. The van der Waals surface area contributed by atoms with Crippen LogP contribution in [0.3, 0.4) is 0 Å². The van der Waals surface area contributed by atoms with Gasteiger partial charge in [-0.1, -0.05) is 50.3 Å². The third kappa shape index (κ3) is 4.07. The van der Waals surface area contributed by atoms with Crippen LogP contribution in [0.5, 0.6) is 0 Å². The van der Waals surface area contributed by atoms with Crippen molar-refractivity contribution in [3.63, 3.8) is 0 Å². The van der Waals surface area contributed by atoms with E-state index in [1.165, 1.54) is 4.90 Å². The Kier molecular flexibility index (Phi) is 7.06. The van der Waals surface area contributed by atoms with E-state index in [0.29, 0.717) is 18.5 Å². The van der Waals surface area contributed by atoms with Gasteiger partial charge in [0.2, 0.25) is 5.91 Å². The second-order valence-corrected chi connectivity index (χ2v) is 11.5. The second kappa shape index (κ2) is 10.1. The standard InChI is InChI=1S/C31H38N2O6/c1-6-16-32(22-13-12-20-10-8-9-11-21(20)17-22)28(36)26-31-15-14-30(5,39-31)25(29(37)38-7-2)24(31)27(35)33(26)23(18-34)19(3)4/h6,8-13,17,19,23-26,34H,1,7,14-16,18H2,2-5H3/t23-,24-,25-,26?,30+,31?/m0/s1. The zero-order valence-corrected chi connectivity index (χ0v) is 23.1. The maximum absolute atomic E-state index is 14.7. The van der Waals surface area contributed by atoms with Crippen molar-refractivity contribution in [3.05, 3.63) is 55.1 Å². The number of hydrogen-bond acceptors (Lipinski definition) is 6. The topological polar surface area (TPSA) is 96.4 Å². The smallest absolute Gasteiger partial charge is 0.312 e. The first-order valence-corrected chi connectivity index (χ1v) is 13.8. The van der Waals surface area contributed by atoms with Crippen LogP contribution in [-0.4, -0.2) is 70.8 Å². The summed E-state index contributed by atoms with van der Waals surface area (Å²) in [7, 11) is 0. The Balaban J connectivity index is 1.64. The van der Waals surface area contributed by atoms with Crippen LogP contribution in [0, 0.1) is 17.8 Å². The molecular weight excluding hydrogens is 496 g/mol. The Labute approximate surface area is 229 Å². The van der Waals surface area contributed by atoms with Gasteiger partial charge in [-0.15, -0.1) is 6.58 Å². The van der Waals surface area contributed by atoms with Gasteiger partial charge >= 0.3 is 5.97 Å². The van der Waals surface area contributed by atoms with Crippen LogP contribution in [0.25, 0.3) is 10.8 Å². The number of ether oxygens (including phenoxy) is 2. The molecule has 3 saturated heterocycles. The van der Waals surface area contributed by atoms with Crippen molar-refractivity contribution in [1.29, 1.82) is 0 Å². The molecule has 39 heavy (non-hydrogen) atoms. The van der Waals surface area contributed by atoms with Gasteiger partial charge in [-0.25, -0.2) is 0 Å². The fourth-order valence-corrected chi connectivity index (χ4v) is 7.15. The number of aliphatic hydroxyl groups excluding tert-OH is 1. The summed E-state index contributed by atoms with van der Waals surface area (Å²) < 4.78 is 12.1. The SMILES string of the molecule is C=CCN(C(=O)C1N([C@@H](CO)C(C)C)C(=O)[C@@H]2[C@@H](C(=O)OCC)[C@@]3(C)CCC12O3)c1ccc2ccccc2c1. The first kappa shape index (κ1) is 27.3. The number of aliphatic hydroxyl groups is 1. The Hall–Kier alpha value is -3.23. The molecule has 0 radical (unpaired) electrons.